The number of nitrogens with two attached hydrogens (primary N) is 1. The van der Waals surface area contributed by atoms with Gasteiger partial charge in [-0.2, -0.15) is 18.3 Å². The molecule has 1 aromatic carbocycles. The average molecular weight is 446 g/mol. The van der Waals surface area contributed by atoms with Crippen molar-refractivity contribution in [3.05, 3.63) is 36.4 Å². The fourth-order valence-corrected chi connectivity index (χ4v) is 4.87. The summed E-state index contributed by atoms with van der Waals surface area (Å²) in [6, 6.07) is 5.32. The molecule has 1 aliphatic carbocycles. The van der Waals surface area contributed by atoms with Crippen LogP contribution in [0.1, 0.15) is 37.4 Å². The van der Waals surface area contributed by atoms with E-state index < -0.39 is 11.9 Å². The Balaban J connectivity index is 1.43. The molecule has 10 heteroatoms. The number of anilines is 1. The van der Waals surface area contributed by atoms with E-state index in [1.54, 1.807) is 18.2 Å². The van der Waals surface area contributed by atoms with Crippen molar-refractivity contribution in [1.82, 2.24) is 24.6 Å². The van der Waals surface area contributed by atoms with Gasteiger partial charge in [0.05, 0.1) is 24.8 Å². The minimum Gasteiger partial charge on any atom is -0.383 e. The number of nitrogen functional groups attached to an aromatic ring is 1. The molecule has 0 amide bonds. The maximum Gasteiger partial charge on any atom is 0.435 e. The van der Waals surface area contributed by atoms with Gasteiger partial charge in [0.15, 0.2) is 5.69 Å². The van der Waals surface area contributed by atoms with E-state index in [0.717, 1.165) is 52.0 Å². The first-order valence-corrected chi connectivity index (χ1v) is 10.9. The van der Waals surface area contributed by atoms with Crippen LogP contribution in [0.5, 0.6) is 0 Å². The fourth-order valence-electron chi connectivity index (χ4n) is 4.87. The van der Waals surface area contributed by atoms with Gasteiger partial charge >= 0.3 is 6.18 Å². The Morgan fingerprint density at radius 3 is 2.44 bits per heavy atom. The molecule has 3 aromatic rings. The molecule has 2 aromatic heterocycles. The number of nitrogens with zero attached hydrogens (tertiary/aromatic N) is 5. The minimum atomic E-state index is -4.56. The molecule has 0 spiro atoms. The van der Waals surface area contributed by atoms with Gasteiger partial charge in [0.25, 0.3) is 0 Å². The Labute approximate surface area is 183 Å². The molecule has 1 aliphatic heterocycles. The van der Waals surface area contributed by atoms with Crippen LogP contribution >= 0.6 is 0 Å². The predicted molar refractivity (Wildman–Crippen MR) is 114 cm³/mol. The lowest BCUT2D eigenvalue weighted by Gasteiger charge is -2.38. The number of halogens is 3. The van der Waals surface area contributed by atoms with E-state index in [-0.39, 0.29) is 17.4 Å². The number of aromatic nitrogens is 4. The second kappa shape index (κ2) is 8.32. The monoisotopic (exact) mass is 446 g/mol. The maximum absolute atomic E-state index is 13.9. The lowest BCUT2D eigenvalue weighted by atomic mass is 9.90. The van der Waals surface area contributed by atoms with E-state index in [9.17, 15) is 13.2 Å². The number of morpholine rings is 1. The van der Waals surface area contributed by atoms with Crippen molar-refractivity contribution in [2.75, 3.05) is 32.0 Å². The van der Waals surface area contributed by atoms with Crippen LogP contribution in [-0.2, 0) is 10.9 Å². The standard InChI is InChI=1S/C22H25F3N6O/c23-22(24,25)20-18(14-1-6-19-17(11-14)21(26)28-13-27-19)12-31(29-20)16-4-2-15(3-5-16)30-7-9-32-10-8-30/h1,6,11-13,15-16H,2-5,7-10H2,(H2,26,27,28)/t15-,16-. The normalized spacial score (nSPS) is 23.0. The van der Waals surface area contributed by atoms with Gasteiger partial charge in [0.1, 0.15) is 12.1 Å². The summed E-state index contributed by atoms with van der Waals surface area (Å²) in [7, 11) is 0. The van der Waals surface area contributed by atoms with Crippen molar-refractivity contribution < 1.29 is 17.9 Å². The number of hydrogen-bond donors (Lipinski definition) is 1. The Hall–Kier alpha value is -2.72. The van der Waals surface area contributed by atoms with E-state index in [1.165, 1.54) is 17.2 Å². The molecule has 0 bridgehead atoms. The van der Waals surface area contributed by atoms with E-state index in [2.05, 4.69) is 20.0 Å². The highest BCUT2D eigenvalue weighted by atomic mass is 19.4. The Morgan fingerprint density at radius 1 is 1.00 bits per heavy atom. The summed E-state index contributed by atoms with van der Waals surface area (Å²) in [6.45, 7) is 3.35. The number of benzene rings is 1. The third kappa shape index (κ3) is 4.04. The molecule has 3 heterocycles. The van der Waals surface area contributed by atoms with Crippen molar-refractivity contribution in [2.24, 2.45) is 0 Å². The molecule has 5 rings (SSSR count). The molecule has 170 valence electrons. The Kier molecular flexibility index (Phi) is 5.50. The van der Waals surface area contributed by atoms with Gasteiger partial charge in [-0.1, -0.05) is 6.07 Å². The van der Waals surface area contributed by atoms with Gasteiger partial charge in [-0.3, -0.25) is 9.58 Å². The molecular weight excluding hydrogens is 421 g/mol. The topological polar surface area (TPSA) is 82.1 Å². The van der Waals surface area contributed by atoms with Gasteiger partial charge in [-0.05, 0) is 43.4 Å². The summed E-state index contributed by atoms with van der Waals surface area (Å²) in [5, 5.41) is 4.54. The van der Waals surface area contributed by atoms with Crippen LogP contribution in [0.3, 0.4) is 0 Å². The number of rotatable bonds is 3. The molecule has 0 atom stereocenters. The average Bonchev–Trinajstić information content (AvgIpc) is 3.26. The molecule has 0 radical (unpaired) electrons. The molecule has 1 saturated carbocycles. The molecule has 0 unspecified atom stereocenters. The van der Waals surface area contributed by atoms with Crippen LogP contribution in [-0.4, -0.2) is 57.0 Å². The summed E-state index contributed by atoms with van der Waals surface area (Å²) in [4.78, 5) is 10.5. The number of fused-ring (bicyclic) bond motifs is 1. The highest BCUT2D eigenvalue weighted by molar-refractivity contribution is 5.91. The quantitative estimate of drug-likeness (QED) is 0.657. The van der Waals surface area contributed by atoms with E-state index in [0.29, 0.717) is 22.5 Å². The van der Waals surface area contributed by atoms with Crippen LogP contribution < -0.4 is 5.73 Å². The lowest BCUT2D eigenvalue weighted by Crippen LogP contribution is -2.45. The van der Waals surface area contributed by atoms with Crippen molar-refractivity contribution in [1.29, 1.82) is 0 Å². The van der Waals surface area contributed by atoms with E-state index in [1.807, 2.05) is 0 Å². The highest BCUT2D eigenvalue weighted by Gasteiger charge is 2.39. The van der Waals surface area contributed by atoms with Gasteiger partial charge in [0, 0.05) is 36.3 Å². The number of alkyl halides is 3. The maximum atomic E-state index is 13.9. The SMILES string of the molecule is Nc1ncnc2ccc(-c3cn([C@H]4CC[C@H](N5CCOCC5)CC4)nc3C(F)(F)F)cc12. The second-order valence-electron chi connectivity index (χ2n) is 8.47. The molecular formula is C22H25F3N6O. The first kappa shape index (κ1) is 21.1. The van der Waals surface area contributed by atoms with Crippen LogP contribution in [0.2, 0.25) is 0 Å². The zero-order valence-electron chi connectivity index (χ0n) is 17.6. The summed E-state index contributed by atoms with van der Waals surface area (Å²) in [5.41, 5.74) is 6.09. The molecule has 32 heavy (non-hydrogen) atoms. The Morgan fingerprint density at radius 2 is 1.72 bits per heavy atom. The van der Waals surface area contributed by atoms with Crippen molar-refractivity contribution in [3.63, 3.8) is 0 Å². The van der Waals surface area contributed by atoms with Crippen LogP contribution in [0.15, 0.2) is 30.7 Å². The molecule has 2 fully saturated rings. The summed E-state index contributed by atoms with van der Waals surface area (Å²) in [5.74, 6) is 0.235. The number of ether oxygens (including phenoxy) is 1. The molecule has 2 aliphatic rings. The smallest absolute Gasteiger partial charge is 0.383 e. The first-order valence-electron chi connectivity index (χ1n) is 10.9. The first-order chi connectivity index (χ1) is 15.4. The third-order valence-corrected chi connectivity index (χ3v) is 6.58. The fraction of sp³-hybridized carbons (Fsp3) is 0.500. The Bertz CT molecular complexity index is 1100. The van der Waals surface area contributed by atoms with Crippen molar-refractivity contribution >= 4 is 16.7 Å². The second-order valence-corrected chi connectivity index (χ2v) is 8.47. The molecule has 1 saturated heterocycles. The van der Waals surface area contributed by atoms with Crippen LogP contribution in [0.25, 0.3) is 22.0 Å². The summed E-state index contributed by atoms with van der Waals surface area (Å²) >= 11 is 0. The minimum absolute atomic E-state index is 0.0454. The highest BCUT2D eigenvalue weighted by Crippen LogP contribution is 2.39. The van der Waals surface area contributed by atoms with Crippen molar-refractivity contribution in [3.8, 4) is 11.1 Å². The van der Waals surface area contributed by atoms with Gasteiger partial charge in [-0.15, -0.1) is 0 Å². The predicted octanol–water partition coefficient (Wildman–Crippen LogP) is 3.91. The van der Waals surface area contributed by atoms with Crippen LogP contribution in [0, 0.1) is 0 Å². The molecule has 2 N–H and O–H groups in total. The van der Waals surface area contributed by atoms with Crippen molar-refractivity contribution in [2.45, 2.75) is 43.9 Å². The summed E-state index contributed by atoms with van der Waals surface area (Å²) in [6.07, 6.45) is 1.82. The van der Waals surface area contributed by atoms with Gasteiger partial charge in [0.2, 0.25) is 0 Å². The largest absolute Gasteiger partial charge is 0.435 e. The van der Waals surface area contributed by atoms with E-state index in [4.69, 9.17) is 10.5 Å². The zero-order chi connectivity index (χ0) is 22.3. The number of hydrogen-bond acceptors (Lipinski definition) is 6. The third-order valence-electron chi connectivity index (χ3n) is 6.58. The molecule has 7 nitrogen and oxygen atoms in total. The van der Waals surface area contributed by atoms with Gasteiger partial charge < -0.3 is 10.5 Å². The van der Waals surface area contributed by atoms with E-state index >= 15 is 0 Å². The van der Waals surface area contributed by atoms with Gasteiger partial charge in [-0.25, -0.2) is 9.97 Å². The zero-order valence-corrected chi connectivity index (χ0v) is 17.6. The van der Waals surface area contributed by atoms with Crippen LogP contribution in [0.4, 0.5) is 19.0 Å². The lowest BCUT2D eigenvalue weighted by molar-refractivity contribution is -0.141. The summed E-state index contributed by atoms with van der Waals surface area (Å²) < 4.78 is 48.6.